The molecule has 1 N–H and O–H groups in total. The van der Waals surface area contributed by atoms with Gasteiger partial charge >= 0.3 is 0 Å². The minimum absolute atomic E-state index is 0.227. The van der Waals surface area contributed by atoms with Crippen molar-refractivity contribution < 1.29 is 9.18 Å². The fourth-order valence-electron chi connectivity index (χ4n) is 2.38. The zero-order chi connectivity index (χ0) is 14.3. The van der Waals surface area contributed by atoms with E-state index in [1.807, 2.05) is 25.1 Å². The first-order chi connectivity index (χ1) is 9.61. The fraction of sp³-hybridized carbons (Fsp3) is 0.0625. The van der Waals surface area contributed by atoms with Gasteiger partial charge in [0.1, 0.15) is 5.82 Å². The number of aromatic amines is 1. The number of benzene rings is 2. The number of carbonyl (C=O) groups excluding carboxylic acids is 1. The first-order valence-electron chi connectivity index (χ1n) is 6.13. The van der Waals surface area contributed by atoms with Crippen molar-refractivity contribution in [1.29, 1.82) is 0 Å². The van der Waals surface area contributed by atoms with Gasteiger partial charge in [-0.05, 0) is 31.2 Å². The third kappa shape index (κ3) is 1.91. The molecule has 100 valence electrons. The molecule has 1 heterocycles. The van der Waals surface area contributed by atoms with E-state index in [1.165, 1.54) is 12.1 Å². The Hall–Kier alpha value is -2.13. The van der Waals surface area contributed by atoms with Crippen LogP contribution in [0.4, 0.5) is 4.39 Å². The van der Waals surface area contributed by atoms with E-state index in [4.69, 9.17) is 11.6 Å². The molecule has 1 aromatic heterocycles. The van der Waals surface area contributed by atoms with Crippen molar-refractivity contribution in [2.45, 2.75) is 6.92 Å². The molecule has 0 radical (unpaired) electrons. The number of aryl methyl sites for hydroxylation is 1. The van der Waals surface area contributed by atoms with Crippen LogP contribution in [-0.2, 0) is 0 Å². The van der Waals surface area contributed by atoms with Gasteiger partial charge in [0, 0.05) is 16.5 Å². The largest absolute Gasteiger partial charge is 0.354 e. The van der Waals surface area contributed by atoms with E-state index in [9.17, 15) is 9.18 Å². The number of aldehydes is 1. The molecule has 3 rings (SSSR count). The Morgan fingerprint density at radius 1 is 1.25 bits per heavy atom. The van der Waals surface area contributed by atoms with Crippen LogP contribution in [0.3, 0.4) is 0 Å². The number of aromatic nitrogens is 1. The van der Waals surface area contributed by atoms with Gasteiger partial charge in [-0.3, -0.25) is 4.79 Å². The molecule has 0 aliphatic rings. The van der Waals surface area contributed by atoms with Crippen molar-refractivity contribution in [2.75, 3.05) is 0 Å². The van der Waals surface area contributed by atoms with Crippen LogP contribution in [0.5, 0.6) is 0 Å². The molecule has 4 heteroatoms. The second-order valence-corrected chi connectivity index (χ2v) is 5.08. The molecule has 0 aliphatic carbocycles. The van der Waals surface area contributed by atoms with E-state index in [0.29, 0.717) is 11.3 Å². The monoisotopic (exact) mass is 287 g/mol. The zero-order valence-corrected chi connectivity index (χ0v) is 11.5. The molecule has 0 unspecified atom stereocenters. The lowest BCUT2D eigenvalue weighted by Gasteiger charge is -2.04. The molecular formula is C16H11ClFNO. The van der Waals surface area contributed by atoms with Gasteiger partial charge in [-0.1, -0.05) is 29.3 Å². The fourth-order valence-corrected chi connectivity index (χ4v) is 2.64. The Bertz CT molecular complexity index is 802. The highest BCUT2D eigenvalue weighted by Gasteiger charge is 2.18. The lowest BCUT2D eigenvalue weighted by atomic mass is 10.0. The van der Waals surface area contributed by atoms with Crippen molar-refractivity contribution in [2.24, 2.45) is 0 Å². The summed E-state index contributed by atoms with van der Waals surface area (Å²) in [6, 6.07) is 10.2. The summed E-state index contributed by atoms with van der Waals surface area (Å²) in [5, 5.41) is 1.05. The van der Waals surface area contributed by atoms with Gasteiger partial charge in [0.15, 0.2) is 6.29 Å². The van der Waals surface area contributed by atoms with Crippen molar-refractivity contribution in [3.63, 3.8) is 0 Å². The van der Waals surface area contributed by atoms with Gasteiger partial charge in [-0.2, -0.15) is 0 Å². The summed E-state index contributed by atoms with van der Waals surface area (Å²) < 4.78 is 14.0. The molecular weight excluding hydrogens is 277 g/mol. The van der Waals surface area contributed by atoms with Crippen molar-refractivity contribution in [3.05, 3.63) is 58.4 Å². The van der Waals surface area contributed by atoms with E-state index < -0.39 is 5.82 Å². The second kappa shape index (κ2) is 4.76. The van der Waals surface area contributed by atoms with Crippen molar-refractivity contribution in [1.82, 2.24) is 4.98 Å². The van der Waals surface area contributed by atoms with Gasteiger partial charge in [0.2, 0.25) is 0 Å². The molecule has 2 nitrogen and oxygen atoms in total. The van der Waals surface area contributed by atoms with E-state index in [2.05, 4.69) is 4.98 Å². The lowest BCUT2D eigenvalue weighted by Crippen LogP contribution is -1.90. The third-order valence-electron chi connectivity index (χ3n) is 3.32. The standard InChI is InChI=1S/C16H11ClFNO/c1-9-5-6-14-10(7-9)11(8-20)16(19-14)15-12(17)3-2-4-13(15)18/h2-8,19H,1H3. The average molecular weight is 288 g/mol. The molecule has 0 spiro atoms. The molecule has 20 heavy (non-hydrogen) atoms. The maximum atomic E-state index is 14.0. The number of fused-ring (bicyclic) bond motifs is 1. The first kappa shape index (κ1) is 12.9. The summed E-state index contributed by atoms with van der Waals surface area (Å²) in [7, 11) is 0. The number of hydrogen-bond acceptors (Lipinski definition) is 1. The van der Waals surface area contributed by atoms with Crippen LogP contribution >= 0.6 is 11.6 Å². The van der Waals surface area contributed by atoms with Gasteiger partial charge in [0.25, 0.3) is 0 Å². The first-order valence-corrected chi connectivity index (χ1v) is 6.51. The molecule has 0 amide bonds. The van der Waals surface area contributed by atoms with Crippen LogP contribution < -0.4 is 0 Å². The predicted octanol–water partition coefficient (Wildman–Crippen LogP) is 4.75. The van der Waals surface area contributed by atoms with Crippen molar-refractivity contribution in [3.8, 4) is 11.3 Å². The topological polar surface area (TPSA) is 32.9 Å². The summed E-state index contributed by atoms with van der Waals surface area (Å²) in [6.07, 6.45) is 0.733. The van der Waals surface area contributed by atoms with Crippen molar-refractivity contribution >= 4 is 28.8 Å². The molecule has 2 aromatic carbocycles. The Morgan fingerprint density at radius 2 is 2.05 bits per heavy atom. The van der Waals surface area contributed by atoms with Gasteiger partial charge in [-0.25, -0.2) is 4.39 Å². The Labute approximate surface area is 120 Å². The zero-order valence-electron chi connectivity index (χ0n) is 10.7. The van der Waals surface area contributed by atoms with Crippen LogP contribution in [0.2, 0.25) is 5.02 Å². The average Bonchev–Trinajstić information content (AvgIpc) is 2.76. The Balaban J connectivity index is 2.40. The van der Waals surface area contributed by atoms with Gasteiger partial charge in [0.05, 0.1) is 16.3 Å². The van der Waals surface area contributed by atoms with Gasteiger partial charge < -0.3 is 4.98 Å². The summed E-state index contributed by atoms with van der Waals surface area (Å²) in [5.41, 5.74) is 2.89. The highest BCUT2D eigenvalue weighted by atomic mass is 35.5. The number of carbonyl (C=O) groups is 1. The molecule has 0 bridgehead atoms. The normalized spacial score (nSPS) is 10.9. The molecule has 0 saturated carbocycles. The van der Waals surface area contributed by atoms with E-state index >= 15 is 0 Å². The van der Waals surface area contributed by atoms with Crippen LogP contribution in [0, 0.1) is 12.7 Å². The van der Waals surface area contributed by atoms with Crippen LogP contribution in [0.1, 0.15) is 15.9 Å². The van der Waals surface area contributed by atoms with Crippen LogP contribution in [0.15, 0.2) is 36.4 Å². The number of hydrogen-bond donors (Lipinski definition) is 1. The maximum absolute atomic E-state index is 14.0. The number of nitrogens with one attached hydrogen (secondary N) is 1. The minimum atomic E-state index is -0.455. The molecule has 3 aromatic rings. The molecule has 0 fully saturated rings. The SMILES string of the molecule is Cc1ccc2[nH]c(-c3c(F)cccc3Cl)c(C=O)c2c1. The lowest BCUT2D eigenvalue weighted by molar-refractivity contribution is 0.112. The Kier molecular flexibility index (Phi) is 3.07. The highest BCUT2D eigenvalue weighted by molar-refractivity contribution is 6.33. The van der Waals surface area contributed by atoms with E-state index in [-0.39, 0.29) is 10.6 Å². The van der Waals surface area contributed by atoms with Crippen LogP contribution in [0.25, 0.3) is 22.2 Å². The van der Waals surface area contributed by atoms with E-state index in [0.717, 1.165) is 22.8 Å². The maximum Gasteiger partial charge on any atom is 0.152 e. The quantitative estimate of drug-likeness (QED) is 0.678. The third-order valence-corrected chi connectivity index (χ3v) is 3.64. The number of rotatable bonds is 2. The number of halogens is 2. The molecule has 0 atom stereocenters. The number of H-pyrrole nitrogens is 1. The summed E-state index contributed by atoms with van der Waals surface area (Å²) in [6.45, 7) is 1.94. The minimum Gasteiger partial charge on any atom is -0.354 e. The summed E-state index contributed by atoms with van der Waals surface area (Å²) >= 11 is 6.08. The molecule has 0 saturated heterocycles. The summed E-state index contributed by atoms with van der Waals surface area (Å²) in [4.78, 5) is 14.5. The second-order valence-electron chi connectivity index (χ2n) is 4.68. The Morgan fingerprint density at radius 3 is 2.75 bits per heavy atom. The smallest absolute Gasteiger partial charge is 0.152 e. The molecule has 0 aliphatic heterocycles. The highest BCUT2D eigenvalue weighted by Crippen LogP contribution is 2.35. The predicted molar refractivity (Wildman–Crippen MR) is 78.8 cm³/mol. The van der Waals surface area contributed by atoms with Gasteiger partial charge in [-0.15, -0.1) is 0 Å². The van der Waals surface area contributed by atoms with Crippen LogP contribution in [-0.4, -0.2) is 11.3 Å². The summed E-state index contributed by atoms with van der Waals surface area (Å²) in [5.74, 6) is -0.455. The van der Waals surface area contributed by atoms with E-state index in [1.54, 1.807) is 6.07 Å².